The number of anilines is 6. The van der Waals surface area contributed by atoms with Gasteiger partial charge in [0.25, 0.3) is 5.91 Å². The molecule has 755 valence electrons. The first-order chi connectivity index (χ1) is 69.4. The molecule has 3 radical (unpaired) electrons. The summed E-state index contributed by atoms with van der Waals surface area (Å²) in [6, 6.07) is 70.0. The molecule has 0 spiro atoms. The maximum Gasteiger partial charge on any atom is 1.00 e. The van der Waals surface area contributed by atoms with Crippen molar-refractivity contribution in [2.45, 2.75) is 91.0 Å². The number of fused-ring (bicyclic) bond motifs is 2. The number of carbonyl (C=O) groups is 8. The van der Waals surface area contributed by atoms with Gasteiger partial charge < -0.3 is 72.9 Å². The second kappa shape index (κ2) is 63.2. The van der Waals surface area contributed by atoms with Gasteiger partial charge in [-0.3, -0.25) is 44.2 Å². The van der Waals surface area contributed by atoms with Gasteiger partial charge in [0.1, 0.15) is 6.29 Å². The number of esters is 2. The van der Waals surface area contributed by atoms with Crippen LogP contribution < -0.4 is 95.1 Å². The number of nitrogen functional groups attached to an aromatic ring is 1. The smallest absolute Gasteiger partial charge is 0.870 e. The van der Waals surface area contributed by atoms with E-state index in [1.165, 1.54) is 49.1 Å². The van der Waals surface area contributed by atoms with E-state index in [4.69, 9.17) is 45.8 Å². The predicted molar refractivity (Wildman–Crippen MR) is 549 cm³/mol. The van der Waals surface area contributed by atoms with Crippen molar-refractivity contribution in [2.75, 3.05) is 202 Å². The predicted octanol–water partition coefficient (Wildman–Crippen LogP) is 5.68. The summed E-state index contributed by atoms with van der Waals surface area (Å²) in [6.07, 6.45) is 7.22. The number of amides is 1. The number of nitrogens with one attached hydrogen (secondary N) is 2. The number of nitriles is 4. The summed E-state index contributed by atoms with van der Waals surface area (Å²) in [4.78, 5) is 127. The summed E-state index contributed by atoms with van der Waals surface area (Å²) in [7, 11) is 7.02. The number of hydrogen-bond acceptors (Lipinski definition) is 35. The molecule has 8 aromatic carbocycles. The van der Waals surface area contributed by atoms with Crippen molar-refractivity contribution in [3.8, 4) is 24.3 Å². The van der Waals surface area contributed by atoms with Crippen molar-refractivity contribution in [2.24, 2.45) is 0 Å². The number of aromatic carboxylic acids is 1. The molecule has 6 saturated heterocycles. The summed E-state index contributed by atoms with van der Waals surface area (Å²) in [5.74, 6) is -3.47. The molecule has 6 fully saturated rings. The molecule has 2 aromatic heterocycles. The summed E-state index contributed by atoms with van der Waals surface area (Å²) < 4.78 is 23.8. The monoisotopic (exact) mass is 2040 g/mol. The van der Waals surface area contributed by atoms with Crippen LogP contribution in [-0.2, 0) is 93.1 Å². The van der Waals surface area contributed by atoms with Crippen LogP contribution in [0.2, 0.25) is 0 Å². The van der Waals surface area contributed by atoms with Crippen LogP contribution in [0.4, 0.5) is 33.0 Å². The molecule has 10 aromatic rings. The van der Waals surface area contributed by atoms with E-state index in [0.717, 1.165) is 279 Å². The number of methoxy groups -OCH3 is 2. The number of aryl methyl sites for hydroxylation is 2. The van der Waals surface area contributed by atoms with Gasteiger partial charge in [-0.2, -0.15) is 21.0 Å². The first kappa shape index (κ1) is 119. The molecule has 1 amide bonds. The van der Waals surface area contributed by atoms with Gasteiger partial charge in [0.15, 0.2) is 10.3 Å². The number of thiazole rings is 2. The van der Waals surface area contributed by atoms with Gasteiger partial charge in [-0.05, 0) is 177 Å². The Balaban J connectivity index is 0.000000216. The normalized spacial score (nSPS) is 16.3. The van der Waals surface area contributed by atoms with Gasteiger partial charge >= 0.3 is 89.0 Å². The minimum absolute atomic E-state index is 0. The minimum atomic E-state index is -0.890. The molecule has 0 saturated carbocycles. The number of benzene rings is 8. The van der Waals surface area contributed by atoms with Crippen LogP contribution in [0.15, 0.2) is 194 Å². The Bertz CT molecular complexity index is 6060. The van der Waals surface area contributed by atoms with Crippen molar-refractivity contribution >= 4 is 112 Å². The van der Waals surface area contributed by atoms with Crippen LogP contribution in [0.25, 0.3) is 0 Å². The summed E-state index contributed by atoms with van der Waals surface area (Å²) in [5.41, 5.74) is 21.1. The van der Waals surface area contributed by atoms with E-state index in [-0.39, 0.29) is 76.5 Å². The zero-order valence-corrected chi connectivity index (χ0v) is 89.4. The Kier molecular flexibility index (Phi) is 51.5. The number of piperazine rings is 4. The van der Waals surface area contributed by atoms with Crippen LogP contribution in [0.5, 0.6) is 0 Å². The standard InChI is InChI=1S/C30H34N6O2S.C20H21N3O2.C19H19N3O2.C11H17N3OS.C11H13N3.C9H8O3.C4H6O4.C2H3BO2.2Na.H2O/c31-20-22-3-2-6-25(18-22)35-11-9-34(10-12-35)21-23-4-1-5-24(17-23)29(37)33-30-32-27-8-7-26(19-28(27)39-30)36-13-15-38-16-14-36;1-25-20(24)18-6-2-5-17(12-18)15-22-8-10-23(11-9-22)19-7-3-4-16(13-19)14-21;20-13-15-3-2-6-18(12-15)22-9-7-21(8-10-22)14-16-4-1-5-17(11-16)19(23)24;12-11-13-9-2-1-8(7-10(9)16-11)14-3-5-15-6-4-14;12-9-10-2-1-3-11(8-10)14-6-4-13-5-7-14;1-12-9(11)8-4-2-3-7(5-8)6-10;1-3(5)7-8-4(2)6;1-2(4)5-3;;;/h1-6,17-18,26H,7-16,19,21H2,(H,32,33,37);2-7,12-13H,8-11,15H2,1H3;1-6,11-12H,7-10,14H2,(H,23,24);8H,1-7H2,(H2,12,13);1-3,8,13H,4-7H2;2-6H,1H3;1-2H3;1H3;;;1H2/q;;;;;;;-1;2*+1;/p-1/t26-;;;8-;;;;;;;/m0..0......./s1. The first-order valence-corrected chi connectivity index (χ1v) is 49.0. The van der Waals surface area contributed by atoms with Gasteiger partial charge in [-0.1, -0.05) is 72.8 Å². The fraction of sp³-hybridized carbons (Fsp3) is 0.377. The largest absolute Gasteiger partial charge is 1.00 e. The van der Waals surface area contributed by atoms with Crippen LogP contribution in [0.1, 0.15) is 145 Å². The SMILES string of the molecule is CC(=O)OOC(C)=O.COC(=O)c1cccc(C=O)c1.COC(=O)c1cccc(CN2CCN(c3cccc(C#N)c3)CC2)c1.N#Cc1cccc(N2CCN(Cc3cccc(C(=O)Nc4nc5c(s4)C[C@@H](N4CCOCC4)CC5)c3)CC2)c1.N#Cc1cccc(N2CCN(Cc3cccc(C(=O)O)c3)CC2)c1.N#Cc1cccc(N2CCNCC2)c1.Nc1nc2c(s1)C[C@@H](N1CCOCC1)CC2.[B-]OC(C)=O.[Na+].[Na+].[OH-]. The number of carbonyl (C=O) groups excluding carboxylic acids is 7. The Morgan fingerprint density at radius 2 is 0.808 bits per heavy atom. The molecule has 2 atom stereocenters. The topological polar surface area (TPSA) is 452 Å². The van der Waals surface area contributed by atoms with Gasteiger partial charge in [-0.15, -0.1) is 22.7 Å². The summed E-state index contributed by atoms with van der Waals surface area (Å²) >= 11 is 3.29. The van der Waals surface area contributed by atoms with Crippen LogP contribution >= 0.6 is 22.7 Å². The molecule has 0 unspecified atom stereocenters. The van der Waals surface area contributed by atoms with Gasteiger partial charge in [-0.25, -0.2) is 43.7 Å². The quantitative estimate of drug-likeness (QED) is 0.0264. The molecule has 146 heavy (non-hydrogen) atoms. The average Bonchev–Trinajstić information content (AvgIpc) is 1.67. The van der Waals surface area contributed by atoms with Crippen LogP contribution in [0.3, 0.4) is 0 Å². The Morgan fingerprint density at radius 1 is 0.466 bits per heavy atom. The van der Waals surface area contributed by atoms with Crippen LogP contribution in [0, 0.1) is 45.3 Å². The molecule has 0 bridgehead atoms. The summed E-state index contributed by atoms with van der Waals surface area (Å²) in [6.45, 7) is 28.6. The zero-order valence-electron chi connectivity index (χ0n) is 83.7. The summed E-state index contributed by atoms with van der Waals surface area (Å²) in [5, 5.41) is 52.9. The Morgan fingerprint density at radius 3 is 1.18 bits per heavy atom. The molecule has 2 aliphatic carbocycles. The number of nitrogens with zero attached hydrogens (tertiary/aromatic N) is 15. The molecular weight excluding hydrogens is 1920 g/mol. The number of aromatic nitrogens is 2. The third kappa shape index (κ3) is 38.8. The van der Waals surface area contributed by atoms with Crippen LogP contribution in [-0.4, -0.2) is 285 Å². The zero-order chi connectivity index (χ0) is 102. The third-order valence-electron chi connectivity index (χ3n) is 24.6. The van der Waals surface area contributed by atoms with Crippen molar-refractivity contribution in [1.29, 1.82) is 21.0 Å². The van der Waals surface area contributed by atoms with E-state index < -0.39 is 29.8 Å². The second-order valence-electron chi connectivity index (χ2n) is 34.4. The van der Waals surface area contributed by atoms with Crippen molar-refractivity contribution in [3.63, 3.8) is 0 Å². The Hall–Kier alpha value is -12.4. The number of morpholine rings is 2. The van der Waals surface area contributed by atoms with Gasteiger partial charge in [0.2, 0.25) is 5.97 Å². The van der Waals surface area contributed by atoms with E-state index in [1.54, 1.807) is 65.1 Å². The van der Waals surface area contributed by atoms with Crippen molar-refractivity contribution in [1.82, 2.24) is 39.8 Å². The van der Waals surface area contributed by atoms with Gasteiger partial charge in [0, 0.05) is 227 Å². The number of carboxylic acid groups (broad SMARTS) is 1. The maximum atomic E-state index is 13.1. The number of rotatable bonds is 18. The minimum Gasteiger partial charge on any atom is -0.870 e. The second-order valence-corrected chi connectivity index (χ2v) is 36.6. The molecule has 18 rings (SSSR count). The molecular formula is C106H122BN18Na2O17S2. The Labute approximate surface area is 906 Å². The molecule has 40 heteroatoms. The van der Waals surface area contributed by atoms with E-state index >= 15 is 0 Å². The number of nitrogens with two attached hydrogens (primary N) is 1. The van der Waals surface area contributed by atoms with Crippen molar-refractivity contribution < 1.29 is 141 Å². The first-order valence-electron chi connectivity index (χ1n) is 47.4. The fourth-order valence-corrected chi connectivity index (χ4v) is 19.3. The van der Waals surface area contributed by atoms with E-state index in [1.807, 2.05) is 121 Å². The van der Waals surface area contributed by atoms with E-state index in [9.17, 15) is 43.6 Å². The number of aldehydes is 1. The average molecular weight is 2040 g/mol. The molecule has 8 aliphatic rings. The molecule has 8 heterocycles. The fourth-order valence-electron chi connectivity index (χ4n) is 17.2. The molecule has 6 N–H and O–H groups in total. The molecule has 6 aliphatic heterocycles. The third-order valence-corrected chi connectivity index (χ3v) is 26.6. The number of carboxylic acids is 1. The number of ether oxygens (including phenoxy) is 4. The van der Waals surface area contributed by atoms with E-state index in [2.05, 4.69) is 135 Å². The molecule has 35 nitrogen and oxygen atoms in total. The van der Waals surface area contributed by atoms with E-state index in [0.29, 0.717) is 68.0 Å². The van der Waals surface area contributed by atoms with Crippen molar-refractivity contribution in [3.05, 3.63) is 282 Å². The maximum absolute atomic E-state index is 13.1. The van der Waals surface area contributed by atoms with Gasteiger partial charge in [0.05, 0.1) is 115 Å². The number of hydrogen-bond donors (Lipinski definition) is 4.